The van der Waals surface area contributed by atoms with Gasteiger partial charge in [-0.1, -0.05) is 0 Å². The second kappa shape index (κ2) is 5.96. The van der Waals surface area contributed by atoms with Gasteiger partial charge in [-0.2, -0.15) is 0 Å². The van der Waals surface area contributed by atoms with Crippen LogP contribution in [0.5, 0.6) is 0 Å². The highest BCUT2D eigenvalue weighted by Gasteiger charge is 2.15. The zero-order chi connectivity index (χ0) is 13.7. The molecule has 2 rings (SSSR count). The lowest BCUT2D eigenvalue weighted by atomic mass is 10.2. The summed E-state index contributed by atoms with van der Waals surface area (Å²) in [5.41, 5.74) is 0. The smallest absolute Gasteiger partial charge is 0.242 e. The molecule has 0 fully saturated rings. The summed E-state index contributed by atoms with van der Waals surface area (Å²) in [5, 5.41) is 9.74. The van der Waals surface area contributed by atoms with E-state index in [1.165, 1.54) is 24.7 Å². The molecule has 0 aliphatic rings. The van der Waals surface area contributed by atoms with E-state index in [0.717, 1.165) is 0 Å². The number of nitrogens with one attached hydrogen (secondary N) is 1. The highest BCUT2D eigenvalue weighted by molar-refractivity contribution is 7.89. The second-order valence-corrected chi connectivity index (χ2v) is 5.67. The summed E-state index contributed by atoms with van der Waals surface area (Å²) in [6, 6.07) is 6.31. The molecule has 19 heavy (non-hydrogen) atoms. The molecule has 0 amide bonds. The van der Waals surface area contributed by atoms with Gasteiger partial charge in [-0.3, -0.25) is 4.98 Å². The molecular weight excluding hydrogens is 268 g/mol. The van der Waals surface area contributed by atoms with E-state index in [1.54, 1.807) is 18.2 Å². The van der Waals surface area contributed by atoms with Crippen molar-refractivity contribution in [2.75, 3.05) is 6.54 Å². The van der Waals surface area contributed by atoms with Crippen LogP contribution >= 0.6 is 0 Å². The van der Waals surface area contributed by atoms with Crippen LogP contribution in [0, 0.1) is 0 Å². The fraction of sp³-hybridized carbons (Fsp3) is 0.250. The first-order valence-electron chi connectivity index (χ1n) is 5.71. The van der Waals surface area contributed by atoms with Gasteiger partial charge in [0, 0.05) is 18.9 Å². The molecule has 0 aliphatic carbocycles. The molecule has 0 spiro atoms. The van der Waals surface area contributed by atoms with E-state index in [9.17, 15) is 13.5 Å². The third-order valence-corrected chi connectivity index (χ3v) is 3.97. The van der Waals surface area contributed by atoms with Crippen molar-refractivity contribution in [1.29, 1.82) is 0 Å². The second-order valence-electron chi connectivity index (χ2n) is 3.91. The molecule has 2 heterocycles. The average molecular weight is 282 g/mol. The Labute approximate surface area is 111 Å². The van der Waals surface area contributed by atoms with Crippen molar-refractivity contribution >= 4 is 10.0 Å². The van der Waals surface area contributed by atoms with E-state index in [0.29, 0.717) is 5.76 Å². The quantitative estimate of drug-likeness (QED) is 0.827. The van der Waals surface area contributed by atoms with Crippen LogP contribution < -0.4 is 4.72 Å². The lowest BCUT2D eigenvalue weighted by Gasteiger charge is -2.09. The average Bonchev–Trinajstić information content (AvgIpc) is 2.93. The highest BCUT2D eigenvalue weighted by atomic mass is 32.2. The van der Waals surface area contributed by atoms with Crippen molar-refractivity contribution in [3.63, 3.8) is 0 Å². The summed E-state index contributed by atoms with van der Waals surface area (Å²) in [4.78, 5) is 3.85. The molecule has 2 aromatic rings. The minimum atomic E-state index is -3.58. The lowest BCUT2D eigenvalue weighted by Crippen LogP contribution is -2.26. The van der Waals surface area contributed by atoms with Gasteiger partial charge in [0.25, 0.3) is 0 Å². The molecule has 1 unspecified atom stereocenters. The first-order chi connectivity index (χ1) is 9.09. The van der Waals surface area contributed by atoms with Crippen molar-refractivity contribution in [2.45, 2.75) is 17.4 Å². The first kappa shape index (κ1) is 13.7. The summed E-state index contributed by atoms with van der Waals surface area (Å²) >= 11 is 0. The zero-order valence-corrected chi connectivity index (χ0v) is 10.9. The molecule has 0 radical (unpaired) electrons. The maximum Gasteiger partial charge on any atom is 0.242 e. The van der Waals surface area contributed by atoms with Crippen LogP contribution in [0.1, 0.15) is 18.3 Å². The summed E-state index contributed by atoms with van der Waals surface area (Å²) in [5.74, 6) is 0.417. The van der Waals surface area contributed by atoms with Crippen LogP contribution in [0.4, 0.5) is 0 Å². The van der Waals surface area contributed by atoms with Crippen LogP contribution in [-0.2, 0) is 10.0 Å². The topological polar surface area (TPSA) is 92.4 Å². The van der Waals surface area contributed by atoms with Gasteiger partial charge < -0.3 is 9.52 Å². The van der Waals surface area contributed by atoms with Crippen molar-refractivity contribution < 1.29 is 17.9 Å². The Balaban J connectivity index is 1.89. The zero-order valence-electron chi connectivity index (χ0n) is 10.1. The monoisotopic (exact) mass is 282 g/mol. The number of aliphatic hydroxyl groups is 1. The van der Waals surface area contributed by atoms with E-state index in [2.05, 4.69) is 9.71 Å². The van der Waals surface area contributed by atoms with E-state index in [1.807, 2.05) is 0 Å². The predicted molar refractivity (Wildman–Crippen MR) is 67.7 cm³/mol. The third kappa shape index (κ3) is 3.63. The van der Waals surface area contributed by atoms with Crippen molar-refractivity contribution in [3.8, 4) is 0 Å². The Morgan fingerprint density at radius 3 is 2.84 bits per heavy atom. The Bertz CT molecular complexity index is 596. The van der Waals surface area contributed by atoms with Crippen molar-refractivity contribution in [2.24, 2.45) is 0 Å². The lowest BCUT2D eigenvalue weighted by molar-refractivity contribution is 0.142. The summed E-state index contributed by atoms with van der Waals surface area (Å²) in [6.07, 6.45) is 3.63. The minimum Gasteiger partial charge on any atom is -0.467 e. The molecule has 1 atom stereocenters. The van der Waals surface area contributed by atoms with Gasteiger partial charge >= 0.3 is 0 Å². The van der Waals surface area contributed by atoms with Gasteiger partial charge in [0.05, 0.1) is 6.26 Å². The Kier molecular flexibility index (Phi) is 4.31. The number of aliphatic hydroxyl groups excluding tert-OH is 1. The Morgan fingerprint density at radius 1 is 1.37 bits per heavy atom. The van der Waals surface area contributed by atoms with Crippen LogP contribution in [0.2, 0.25) is 0 Å². The fourth-order valence-electron chi connectivity index (χ4n) is 1.54. The van der Waals surface area contributed by atoms with Gasteiger partial charge in [0.1, 0.15) is 16.8 Å². The van der Waals surface area contributed by atoms with E-state index >= 15 is 0 Å². The van der Waals surface area contributed by atoms with Gasteiger partial charge in [-0.25, -0.2) is 13.1 Å². The molecule has 0 aliphatic heterocycles. The number of sulfonamides is 1. The SMILES string of the molecule is O=S(=O)(NCCC(O)c1ccco1)c1cccnc1. The predicted octanol–water partition coefficient (Wildman–Crippen LogP) is 1.08. The summed E-state index contributed by atoms with van der Waals surface area (Å²) in [7, 11) is -3.58. The van der Waals surface area contributed by atoms with Gasteiger partial charge in [0.15, 0.2) is 0 Å². The molecule has 7 heteroatoms. The molecule has 2 N–H and O–H groups in total. The van der Waals surface area contributed by atoms with Crippen LogP contribution in [0.15, 0.2) is 52.2 Å². The number of furan rings is 1. The van der Waals surface area contributed by atoms with Crippen LogP contribution in [0.25, 0.3) is 0 Å². The number of pyridine rings is 1. The largest absolute Gasteiger partial charge is 0.467 e. The number of hydrogen-bond donors (Lipinski definition) is 2. The van der Waals surface area contributed by atoms with E-state index < -0.39 is 16.1 Å². The van der Waals surface area contributed by atoms with Crippen molar-refractivity contribution in [3.05, 3.63) is 48.7 Å². The Hall–Kier alpha value is -1.70. The van der Waals surface area contributed by atoms with Gasteiger partial charge in [-0.05, 0) is 30.7 Å². The normalized spacial score (nSPS) is 13.3. The molecule has 0 bridgehead atoms. The molecular formula is C12H14N2O4S. The molecule has 2 aromatic heterocycles. The molecule has 102 valence electrons. The molecule has 0 saturated carbocycles. The standard InChI is InChI=1S/C12H14N2O4S/c15-11(12-4-2-8-18-12)5-7-14-19(16,17)10-3-1-6-13-9-10/h1-4,6,8-9,11,14-15H,5,7H2. The van der Waals surface area contributed by atoms with Gasteiger partial charge in [0.2, 0.25) is 10.0 Å². The van der Waals surface area contributed by atoms with E-state index in [-0.39, 0.29) is 17.9 Å². The van der Waals surface area contributed by atoms with Gasteiger partial charge in [-0.15, -0.1) is 0 Å². The fourth-order valence-corrected chi connectivity index (χ4v) is 2.55. The number of aromatic nitrogens is 1. The maximum absolute atomic E-state index is 11.8. The number of hydrogen-bond acceptors (Lipinski definition) is 5. The van der Waals surface area contributed by atoms with Crippen LogP contribution in [0.3, 0.4) is 0 Å². The first-order valence-corrected chi connectivity index (χ1v) is 7.19. The minimum absolute atomic E-state index is 0.0995. The summed E-state index contributed by atoms with van der Waals surface area (Å²) < 4.78 is 31.1. The van der Waals surface area contributed by atoms with E-state index in [4.69, 9.17) is 4.42 Å². The molecule has 0 aromatic carbocycles. The number of rotatable bonds is 6. The maximum atomic E-state index is 11.8. The highest BCUT2D eigenvalue weighted by Crippen LogP contribution is 2.16. The van der Waals surface area contributed by atoms with Crippen molar-refractivity contribution in [1.82, 2.24) is 9.71 Å². The summed E-state index contributed by atoms with van der Waals surface area (Å²) in [6.45, 7) is 0.110. The Morgan fingerprint density at radius 2 is 2.21 bits per heavy atom. The molecule has 0 saturated heterocycles. The van der Waals surface area contributed by atoms with Crippen LogP contribution in [-0.4, -0.2) is 25.1 Å². The molecule has 6 nitrogen and oxygen atoms in total. The number of nitrogens with zero attached hydrogens (tertiary/aromatic N) is 1. The third-order valence-electron chi connectivity index (χ3n) is 2.53.